The minimum absolute atomic E-state index is 0.317. The van der Waals surface area contributed by atoms with Gasteiger partial charge in [-0.2, -0.15) is 0 Å². The second-order valence-electron chi connectivity index (χ2n) is 6.40. The molecule has 1 heterocycles. The number of nitrogens with one attached hydrogen (secondary N) is 2. The molecule has 1 aromatic rings. The normalized spacial score (nSPS) is 14.4. The summed E-state index contributed by atoms with van der Waals surface area (Å²) in [6.07, 6.45) is 2.13. The van der Waals surface area contributed by atoms with E-state index in [0.29, 0.717) is 35.8 Å². The van der Waals surface area contributed by atoms with Gasteiger partial charge in [0.15, 0.2) is 0 Å². The van der Waals surface area contributed by atoms with Gasteiger partial charge in [0, 0.05) is 12.1 Å². The van der Waals surface area contributed by atoms with Gasteiger partial charge in [0.05, 0.1) is 0 Å². The van der Waals surface area contributed by atoms with E-state index in [2.05, 4.69) is 72.6 Å². The molecule has 1 rings (SSSR count). The number of nitrogens with zero attached hydrogens (tertiary/aromatic N) is 4. The zero-order valence-electron chi connectivity index (χ0n) is 13.5. The Morgan fingerprint density at radius 3 is 1.20 bits per heavy atom. The fourth-order valence-corrected chi connectivity index (χ4v) is 2.32. The van der Waals surface area contributed by atoms with Gasteiger partial charge in [0.2, 0.25) is 0 Å². The summed E-state index contributed by atoms with van der Waals surface area (Å²) in [6, 6.07) is 0.634. The van der Waals surface area contributed by atoms with Crippen molar-refractivity contribution in [3.63, 3.8) is 0 Å². The van der Waals surface area contributed by atoms with Crippen molar-refractivity contribution < 1.29 is 0 Å². The van der Waals surface area contributed by atoms with Crippen LogP contribution in [0.25, 0.3) is 0 Å². The minimum atomic E-state index is 0.317. The van der Waals surface area contributed by atoms with Crippen LogP contribution in [0.1, 0.15) is 54.4 Å². The van der Waals surface area contributed by atoms with Crippen molar-refractivity contribution >= 4 is 11.9 Å². The SMILES string of the molecule is CC(C)CC(C)Nc1nnc(NC(C)CC(C)C)nn1. The van der Waals surface area contributed by atoms with Gasteiger partial charge in [0.25, 0.3) is 11.9 Å². The lowest BCUT2D eigenvalue weighted by Crippen LogP contribution is -2.22. The fraction of sp³-hybridized carbons (Fsp3) is 0.857. The first-order chi connectivity index (χ1) is 9.36. The zero-order chi connectivity index (χ0) is 15.1. The lowest BCUT2D eigenvalue weighted by Gasteiger charge is -2.16. The summed E-state index contributed by atoms with van der Waals surface area (Å²) in [6.45, 7) is 13.0. The Bertz CT molecular complexity index is 339. The van der Waals surface area contributed by atoms with E-state index in [1.54, 1.807) is 0 Å². The number of rotatable bonds is 8. The van der Waals surface area contributed by atoms with Crippen LogP contribution in [0.3, 0.4) is 0 Å². The molecular weight excluding hydrogens is 252 g/mol. The van der Waals surface area contributed by atoms with Crippen molar-refractivity contribution in [2.45, 2.75) is 66.5 Å². The molecule has 114 valence electrons. The summed E-state index contributed by atoms with van der Waals surface area (Å²) in [5.41, 5.74) is 0. The summed E-state index contributed by atoms with van der Waals surface area (Å²) in [7, 11) is 0. The van der Waals surface area contributed by atoms with Crippen molar-refractivity contribution in [1.82, 2.24) is 20.4 Å². The van der Waals surface area contributed by atoms with E-state index in [4.69, 9.17) is 0 Å². The molecule has 0 aromatic carbocycles. The van der Waals surface area contributed by atoms with Crippen molar-refractivity contribution in [2.75, 3.05) is 10.6 Å². The van der Waals surface area contributed by atoms with Crippen LogP contribution in [0.15, 0.2) is 0 Å². The largest absolute Gasteiger partial charge is 0.349 e. The van der Waals surface area contributed by atoms with Gasteiger partial charge in [0.1, 0.15) is 0 Å². The standard InChI is InChI=1S/C14H28N6/c1-9(2)7-11(5)15-13-17-19-14(20-18-13)16-12(6)8-10(3)4/h9-12H,7-8H2,1-6H3,(H,15,17,18)(H,16,19,20). The Kier molecular flexibility index (Phi) is 6.61. The molecule has 6 nitrogen and oxygen atoms in total. The van der Waals surface area contributed by atoms with Crippen LogP contribution in [0.4, 0.5) is 11.9 Å². The molecule has 0 spiro atoms. The molecule has 2 N–H and O–H groups in total. The lowest BCUT2D eigenvalue weighted by atomic mass is 10.1. The first kappa shape index (κ1) is 16.6. The lowest BCUT2D eigenvalue weighted by molar-refractivity contribution is 0.532. The van der Waals surface area contributed by atoms with Gasteiger partial charge in [-0.15, -0.1) is 20.4 Å². The maximum absolute atomic E-state index is 4.06. The first-order valence-corrected chi connectivity index (χ1v) is 7.47. The average Bonchev–Trinajstić information content (AvgIpc) is 2.29. The highest BCUT2D eigenvalue weighted by Crippen LogP contribution is 2.10. The van der Waals surface area contributed by atoms with Crippen LogP contribution >= 0.6 is 0 Å². The number of aromatic nitrogens is 4. The Morgan fingerprint density at radius 2 is 0.950 bits per heavy atom. The third-order valence-electron chi connectivity index (χ3n) is 2.88. The fourth-order valence-electron chi connectivity index (χ4n) is 2.32. The van der Waals surface area contributed by atoms with E-state index in [0.717, 1.165) is 12.8 Å². The van der Waals surface area contributed by atoms with E-state index >= 15 is 0 Å². The number of anilines is 2. The highest BCUT2D eigenvalue weighted by molar-refractivity contribution is 5.27. The van der Waals surface area contributed by atoms with Gasteiger partial charge < -0.3 is 10.6 Å². The Hall–Kier alpha value is -1.46. The molecule has 1 aromatic heterocycles. The maximum atomic E-state index is 4.06. The maximum Gasteiger partial charge on any atom is 0.262 e. The van der Waals surface area contributed by atoms with E-state index in [-0.39, 0.29) is 0 Å². The molecule has 6 heteroatoms. The molecular formula is C14H28N6. The molecule has 2 atom stereocenters. The molecule has 0 radical (unpaired) electrons. The predicted octanol–water partition coefficient (Wildman–Crippen LogP) is 2.96. The van der Waals surface area contributed by atoms with Gasteiger partial charge in [-0.1, -0.05) is 27.7 Å². The van der Waals surface area contributed by atoms with Gasteiger partial charge in [-0.25, -0.2) is 0 Å². The van der Waals surface area contributed by atoms with E-state index in [9.17, 15) is 0 Å². The molecule has 0 aliphatic heterocycles. The van der Waals surface area contributed by atoms with Crippen LogP contribution in [-0.2, 0) is 0 Å². The molecule has 0 aliphatic rings. The minimum Gasteiger partial charge on any atom is -0.349 e. The molecule has 0 aliphatic carbocycles. The highest BCUT2D eigenvalue weighted by atomic mass is 15.4. The average molecular weight is 280 g/mol. The summed E-state index contributed by atoms with van der Waals surface area (Å²) < 4.78 is 0. The summed E-state index contributed by atoms with van der Waals surface area (Å²) in [5, 5.41) is 22.7. The van der Waals surface area contributed by atoms with Crippen LogP contribution in [-0.4, -0.2) is 32.5 Å². The second kappa shape index (κ2) is 7.97. The van der Waals surface area contributed by atoms with E-state index < -0.39 is 0 Å². The van der Waals surface area contributed by atoms with Crippen LogP contribution in [0.5, 0.6) is 0 Å². The molecule has 2 unspecified atom stereocenters. The zero-order valence-corrected chi connectivity index (χ0v) is 13.5. The third kappa shape index (κ3) is 6.63. The Labute approximate surface area is 122 Å². The second-order valence-corrected chi connectivity index (χ2v) is 6.40. The van der Waals surface area contributed by atoms with Gasteiger partial charge >= 0.3 is 0 Å². The molecule has 0 bridgehead atoms. The summed E-state index contributed by atoms with van der Waals surface area (Å²) >= 11 is 0. The topological polar surface area (TPSA) is 75.6 Å². The number of hydrogen-bond acceptors (Lipinski definition) is 6. The molecule has 0 amide bonds. The van der Waals surface area contributed by atoms with Crippen LogP contribution in [0.2, 0.25) is 0 Å². The van der Waals surface area contributed by atoms with Crippen molar-refractivity contribution in [3.05, 3.63) is 0 Å². The predicted molar refractivity (Wildman–Crippen MR) is 82.7 cm³/mol. The van der Waals surface area contributed by atoms with E-state index in [1.165, 1.54) is 0 Å². The Morgan fingerprint density at radius 1 is 0.650 bits per heavy atom. The molecule has 0 saturated heterocycles. The van der Waals surface area contributed by atoms with Crippen LogP contribution in [0, 0.1) is 11.8 Å². The monoisotopic (exact) mass is 280 g/mol. The molecule has 20 heavy (non-hydrogen) atoms. The Balaban J connectivity index is 2.47. The smallest absolute Gasteiger partial charge is 0.262 e. The van der Waals surface area contributed by atoms with E-state index in [1.807, 2.05) is 0 Å². The quantitative estimate of drug-likeness (QED) is 0.762. The van der Waals surface area contributed by atoms with Crippen molar-refractivity contribution in [1.29, 1.82) is 0 Å². The first-order valence-electron chi connectivity index (χ1n) is 7.47. The van der Waals surface area contributed by atoms with Crippen molar-refractivity contribution in [3.8, 4) is 0 Å². The summed E-state index contributed by atoms with van der Waals surface area (Å²) in [5.74, 6) is 2.24. The van der Waals surface area contributed by atoms with Gasteiger partial charge in [-0.05, 0) is 38.5 Å². The molecule has 0 saturated carbocycles. The van der Waals surface area contributed by atoms with Crippen LogP contribution < -0.4 is 10.6 Å². The molecule has 0 fully saturated rings. The van der Waals surface area contributed by atoms with Gasteiger partial charge in [-0.3, -0.25) is 0 Å². The third-order valence-corrected chi connectivity index (χ3v) is 2.88. The van der Waals surface area contributed by atoms with Crippen molar-refractivity contribution in [2.24, 2.45) is 11.8 Å². The number of hydrogen-bond donors (Lipinski definition) is 2. The summed E-state index contributed by atoms with van der Waals surface area (Å²) in [4.78, 5) is 0. The highest BCUT2D eigenvalue weighted by Gasteiger charge is 2.10.